The molecule has 78 valence electrons. The van der Waals surface area contributed by atoms with Crippen molar-refractivity contribution in [1.82, 2.24) is 5.32 Å². The summed E-state index contributed by atoms with van der Waals surface area (Å²) < 4.78 is 0. The highest BCUT2D eigenvalue weighted by Crippen LogP contribution is 2.07. The van der Waals surface area contributed by atoms with Gasteiger partial charge in [0.2, 0.25) is 0 Å². The molecular weight excluding hydrogens is 172 g/mol. The molecular formula is C12H20N2. The SMILES string of the molecule is CC(C)CNC[C@H](N)c1ccccc1. The Hall–Kier alpha value is -0.860. The van der Waals surface area contributed by atoms with Crippen LogP contribution in [0.1, 0.15) is 25.5 Å². The second-order valence-corrected chi connectivity index (χ2v) is 4.07. The molecule has 1 aromatic rings. The van der Waals surface area contributed by atoms with E-state index in [1.54, 1.807) is 0 Å². The van der Waals surface area contributed by atoms with E-state index in [0.717, 1.165) is 13.1 Å². The predicted molar refractivity (Wildman–Crippen MR) is 61.1 cm³/mol. The van der Waals surface area contributed by atoms with Crippen LogP contribution in [0.5, 0.6) is 0 Å². The zero-order valence-corrected chi connectivity index (χ0v) is 9.03. The maximum Gasteiger partial charge on any atom is 0.0421 e. The van der Waals surface area contributed by atoms with Gasteiger partial charge in [-0.3, -0.25) is 0 Å². The number of hydrogen-bond donors (Lipinski definition) is 2. The van der Waals surface area contributed by atoms with Crippen LogP contribution in [-0.4, -0.2) is 13.1 Å². The summed E-state index contributed by atoms with van der Waals surface area (Å²) in [6.45, 7) is 6.27. The van der Waals surface area contributed by atoms with Gasteiger partial charge in [-0.2, -0.15) is 0 Å². The lowest BCUT2D eigenvalue weighted by molar-refractivity contribution is 0.522. The zero-order valence-electron chi connectivity index (χ0n) is 9.03. The first-order valence-corrected chi connectivity index (χ1v) is 5.21. The molecule has 0 unspecified atom stereocenters. The van der Waals surface area contributed by atoms with Gasteiger partial charge in [0.15, 0.2) is 0 Å². The molecule has 0 bridgehead atoms. The molecule has 0 aliphatic carbocycles. The van der Waals surface area contributed by atoms with E-state index in [0.29, 0.717) is 5.92 Å². The van der Waals surface area contributed by atoms with Crippen LogP contribution in [-0.2, 0) is 0 Å². The first-order valence-electron chi connectivity index (χ1n) is 5.21. The minimum atomic E-state index is 0.106. The second kappa shape index (κ2) is 5.78. The minimum Gasteiger partial charge on any atom is -0.323 e. The summed E-state index contributed by atoms with van der Waals surface area (Å²) in [7, 11) is 0. The molecule has 2 nitrogen and oxygen atoms in total. The lowest BCUT2D eigenvalue weighted by atomic mass is 10.1. The van der Waals surface area contributed by atoms with E-state index in [-0.39, 0.29) is 6.04 Å². The molecule has 1 aromatic carbocycles. The summed E-state index contributed by atoms with van der Waals surface area (Å²) in [6.07, 6.45) is 0. The van der Waals surface area contributed by atoms with Gasteiger partial charge in [0.25, 0.3) is 0 Å². The Morgan fingerprint density at radius 3 is 2.36 bits per heavy atom. The van der Waals surface area contributed by atoms with E-state index in [1.165, 1.54) is 5.56 Å². The summed E-state index contributed by atoms with van der Waals surface area (Å²) in [6, 6.07) is 10.3. The van der Waals surface area contributed by atoms with Crippen molar-refractivity contribution in [2.45, 2.75) is 19.9 Å². The van der Waals surface area contributed by atoms with Gasteiger partial charge in [0.05, 0.1) is 0 Å². The van der Waals surface area contributed by atoms with Crippen molar-refractivity contribution in [3.05, 3.63) is 35.9 Å². The van der Waals surface area contributed by atoms with E-state index >= 15 is 0 Å². The minimum absolute atomic E-state index is 0.106. The molecule has 0 amide bonds. The Morgan fingerprint density at radius 1 is 1.14 bits per heavy atom. The normalized spacial score (nSPS) is 13.1. The average molecular weight is 192 g/mol. The fraction of sp³-hybridized carbons (Fsp3) is 0.500. The third-order valence-electron chi connectivity index (χ3n) is 2.14. The molecule has 0 aliphatic heterocycles. The Bertz CT molecular complexity index is 244. The maximum atomic E-state index is 6.02. The number of rotatable bonds is 5. The molecule has 2 heteroatoms. The summed E-state index contributed by atoms with van der Waals surface area (Å²) in [5, 5.41) is 3.36. The van der Waals surface area contributed by atoms with Gasteiger partial charge in [-0.1, -0.05) is 44.2 Å². The molecule has 0 spiro atoms. The molecule has 0 aromatic heterocycles. The molecule has 0 aliphatic rings. The van der Waals surface area contributed by atoms with Gasteiger partial charge >= 0.3 is 0 Å². The summed E-state index contributed by atoms with van der Waals surface area (Å²) in [5.41, 5.74) is 7.22. The summed E-state index contributed by atoms with van der Waals surface area (Å²) in [4.78, 5) is 0. The average Bonchev–Trinajstić information content (AvgIpc) is 2.18. The fourth-order valence-corrected chi connectivity index (χ4v) is 1.35. The highest BCUT2D eigenvalue weighted by molar-refractivity contribution is 5.18. The van der Waals surface area contributed by atoms with Crippen molar-refractivity contribution in [1.29, 1.82) is 0 Å². The second-order valence-electron chi connectivity index (χ2n) is 4.07. The van der Waals surface area contributed by atoms with E-state index in [1.807, 2.05) is 18.2 Å². The molecule has 14 heavy (non-hydrogen) atoms. The van der Waals surface area contributed by atoms with Crippen LogP contribution in [0, 0.1) is 5.92 Å². The van der Waals surface area contributed by atoms with Crippen LogP contribution >= 0.6 is 0 Å². The Morgan fingerprint density at radius 2 is 1.79 bits per heavy atom. The molecule has 0 fully saturated rings. The van der Waals surface area contributed by atoms with Crippen LogP contribution in [0.15, 0.2) is 30.3 Å². The molecule has 0 saturated heterocycles. The zero-order chi connectivity index (χ0) is 10.4. The van der Waals surface area contributed by atoms with Crippen molar-refractivity contribution in [2.24, 2.45) is 11.7 Å². The van der Waals surface area contributed by atoms with Crippen molar-refractivity contribution >= 4 is 0 Å². The Kier molecular flexibility index (Phi) is 4.63. The molecule has 1 rings (SSSR count). The van der Waals surface area contributed by atoms with Gasteiger partial charge in [0.1, 0.15) is 0 Å². The quantitative estimate of drug-likeness (QED) is 0.748. The third-order valence-corrected chi connectivity index (χ3v) is 2.14. The van der Waals surface area contributed by atoms with Crippen molar-refractivity contribution in [3.8, 4) is 0 Å². The summed E-state index contributed by atoms with van der Waals surface area (Å²) in [5.74, 6) is 0.679. The van der Waals surface area contributed by atoms with Crippen LogP contribution in [0.3, 0.4) is 0 Å². The number of benzene rings is 1. The van der Waals surface area contributed by atoms with Crippen LogP contribution in [0.25, 0.3) is 0 Å². The van der Waals surface area contributed by atoms with E-state index < -0.39 is 0 Å². The number of nitrogens with one attached hydrogen (secondary N) is 1. The molecule has 0 radical (unpaired) electrons. The summed E-state index contributed by atoms with van der Waals surface area (Å²) >= 11 is 0. The van der Waals surface area contributed by atoms with Gasteiger partial charge in [-0.05, 0) is 18.0 Å². The fourth-order valence-electron chi connectivity index (χ4n) is 1.35. The van der Waals surface area contributed by atoms with Crippen molar-refractivity contribution < 1.29 is 0 Å². The Labute approximate surface area is 86.5 Å². The lowest BCUT2D eigenvalue weighted by Crippen LogP contribution is -2.29. The number of nitrogens with two attached hydrogens (primary N) is 1. The third kappa shape index (κ3) is 3.90. The molecule has 3 N–H and O–H groups in total. The van der Waals surface area contributed by atoms with Gasteiger partial charge in [-0.15, -0.1) is 0 Å². The van der Waals surface area contributed by atoms with Crippen LogP contribution in [0.2, 0.25) is 0 Å². The van der Waals surface area contributed by atoms with Crippen molar-refractivity contribution in [2.75, 3.05) is 13.1 Å². The topological polar surface area (TPSA) is 38.0 Å². The van der Waals surface area contributed by atoms with E-state index in [4.69, 9.17) is 5.73 Å². The maximum absolute atomic E-state index is 6.02. The molecule has 0 heterocycles. The first kappa shape index (κ1) is 11.2. The van der Waals surface area contributed by atoms with Crippen LogP contribution in [0.4, 0.5) is 0 Å². The number of hydrogen-bond acceptors (Lipinski definition) is 2. The first-order chi connectivity index (χ1) is 6.70. The van der Waals surface area contributed by atoms with E-state index in [9.17, 15) is 0 Å². The van der Waals surface area contributed by atoms with Gasteiger partial charge < -0.3 is 11.1 Å². The van der Waals surface area contributed by atoms with E-state index in [2.05, 4.69) is 31.3 Å². The molecule has 0 saturated carbocycles. The van der Waals surface area contributed by atoms with Crippen molar-refractivity contribution in [3.63, 3.8) is 0 Å². The molecule has 1 atom stereocenters. The standard InChI is InChI=1S/C12H20N2/c1-10(2)8-14-9-12(13)11-6-4-3-5-7-11/h3-7,10,12,14H,8-9,13H2,1-2H3/t12-/m0/s1. The highest BCUT2D eigenvalue weighted by atomic mass is 14.9. The smallest absolute Gasteiger partial charge is 0.0421 e. The van der Waals surface area contributed by atoms with Gasteiger partial charge in [-0.25, -0.2) is 0 Å². The van der Waals surface area contributed by atoms with Crippen LogP contribution < -0.4 is 11.1 Å². The lowest BCUT2D eigenvalue weighted by Gasteiger charge is -2.14. The highest BCUT2D eigenvalue weighted by Gasteiger charge is 2.04. The largest absolute Gasteiger partial charge is 0.323 e. The Balaban J connectivity index is 2.32. The monoisotopic (exact) mass is 192 g/mol. The van der Waals surface area contributed by atoms with Gasteiger partial charge in [0, 0.05) is 12.6 Å². The predicted octanol–water partition coefficient (Wildman–Crippen LogP) is 1.93.